The van der Waals surface area contributed by atoms with Gasteiger partial charge in [0.25, 0.3) is 0 Å². The molecule has 0 aliphatic carbocycles. The van der Waals surface area contributed by atoms with E-state index in [9.17, 15) is 9.59 Å². The van der Waals surface area contributed by atoms with Gasteiger partial charge in [-0.1, -0.05) is 0 Å². The molecule has 7 heteroatoms. The molecule has 0 amide bonds. The standard InChI is InChI=1S/C20H23N3O4/c1-15-12-17(6-7-21-15)23-10-8-22(9-11-23)13-19(24)16-2-4-18(5-3-16)27-14-20(25)26/h2-7,12H,8-11,13-14H2,1H3,(H,25,26). The molecular weight excluding hydrogens is 346 g/mol. The summed E-state index contributed by atoms with van der Waals surface area (Å²) in [6, 6.07) is 10.7. The number of carbonyl (C=O) groups excluding carboxylic acids is 1. The molecule has 1 aliphatic heterocycles. The topological polar surface area (TPSA) is 83.0 Å². The predicted octanol–water partition coefficient (Wildman–Crippen LogP) is 1.86. The monoisotopic (exact) mass is 369 g/mol. The van der Waals surface area contributed by atoms with Crippen LogP contribution in [0.2, 0.25) is 0 Å². The second-order valence-corrected chi connectivity index (χ2v) is 6.55. The SMILES string of the molecule is Cc1cc(N2CCN(CC(=O)c3ccc(OCC(=O)O)cc3)CC2)ccn1. The maximum absolute atomic E-state index is 12.5. The van der Waals surface area contributed by atoms with Crippen LogP contribution in [0.4, 0.5) is 5.69 Å². The maximum atomic E-state index is 12.5. The number of aryl methyl sites for hydroxylation is 1. The van der Waals surface area contributed by atoms with Gasteiger partial charge in [0, 0.05) is 49.3 Å². The van der Waals surface area contributed by atoms with Crippen LogP contribution in [-0.2, 0) is 4.79 Å². The highest BCUT2D eigenvalue weighted by molar-refractivity contribution is 5.97. The smallest absolute Gasteiger partial charge is 0.341 e. The van der Waals surface area contributed by atoms with Crippen molar-refractivity contribution in [2.75, 3.05) is 44.2 Å². The molecule has 1 aromatic heterocycles. The Morgan fingerprint density at radius 1 is 1.11 bits per heavy atom. The lowest BCUT2D eigenvalue weighted by atomic mass is 10.1. The van der Waals surface area contributed by atoms with E-state index < -0.39 is 12.6 Å². The van der Waals surface area contributed by atoms with Gasteiger partial charge >= 0.3 is 5.97 Å². The van der Waals surface area contributed by atoms with Crippen molar-refractivity contribution in [3.63, 3.8) is 0 Å². The number of carboxylic acid groups (broad SMARTS) is 1. The first-order valence-corrected chi connectivity index (χ1v) is 8.89. The van der Waals surface area contributed by atoms with E-state index in [0.29, 0.717) is 17.9 Å². The third-order valence-corrected chi connectivity index (χ3v) is 4.52. The molecule has 1 aromatic carbocycles. The van der Waals surface area contributed by atoms with Gasteiger partial charge in [0.1, 0.15) is 5.75 Å². The van der Waals surface area contributed by atoms with Gasteiger partial charge < -0.3 is 14.7 Å². The number of ketones is 1. The Hall–Kier alpha value is -2.93. The lowest BCUT2D eigenvalue weighted by Gasteiger charge is -2.35. The zero-order valence-corrected chi connectivity index (χ0v) is 15.3. The van der Waals surface area contributed by atoms with Crippen LogP contribution >= 0.6 is 0 Å². The Balaban J connectivity index is 1.50. The van der Waals surface area contributed by atoms with Crippen LogP contribution in [0.5, 0.6) is 5.75 Å². The summed E-state index contributed by atoms with van der Waals surface area (Å²) in [6.45, 7) is 5.36. The number of rotatable bonds is 7. The molecule has 1 aliphatic rings. The van der Waals surface area contributed by atoms with Gasteiger partial charge in [-0.15, -0.1) is 0 Å². The van der Waals surface area contributed by atoms with Crippen LogP contribution in [-0.4, -0.2) is 66.1 Å². The van der Waals surface area contributed by atoms with E-state index in [1.54, 1.807) is 24.3 Å². The van der Waals surface area contributed by atoms with Gasteiger partial charge in [0.05, 0.1) is 6.54 Å². The highest BCUT2D eigenvalue weighted by atomic mass is 16.5. The van der Waals surface area contributed by atoms with Crippen molar-refractivity contribution in [1.29, 1.82) is 0 Å². The average molecular weight is 369 g/mol. The summed E-state index contributed by atoms with van der Waals surface area (Å²) in [5.41, 5.74) is 2.77. The quantitative estimate of drug-likeness (QED) is 0.746. The van der Waals surface area contributed by atoms with Crippen molar-refractivity contribution in [3.8, 4) is 5.75 Å². The molecule has 7 nitrogen and oxygen atoms in total. The molecule has 2 heterocycles. The number of piperazine rings is 1. The summed E-state index contributed by atoms with van der Waals surface area (Å²) in [4.78, 5) is 31.7. The Morgan fingerprint density at radius 3 is 2.44 bits per heavy atom. The van der Waals surface area contributed by atoms with E-state index in [0.717, 1.165) is 31.9 Å². The number of hydrogen-bond acceptors (Lipinski definition) is 6. The van der Waals surface area contributed by atoms with Crippen molar-refractivity contribution in [2.24, 2.45) is 0 Å². The Kier molecular flexibility index (Phi) is 6.03. The molecule has 0 radical (unpaired) electrons. The van der Waals surface area contributed by atoms with Crippen molar-refractivity contribution in [1.82, 2.24) is 9.88 Å². The molecule has 1 saturated heterocycles. The van der Waals surface area contributed by atoms with Gasteiger partial charge in [0.2, 0.25) is 0 Å². The molecule has 0 unspecified atom stereocenters. The molecular formula is C20H23N3O4. The Bertz CT molecular complexity index is 799. The molecule has 0 saturated carbocycles. The molecule has 0 atom stereocenters. The third-order valence-electron chi connectivity index (χ3n) is 4.52. The maximum Gasteiger partial charge on any atom is 0.341 e. The Morgan fingerprint density at radius 2 is 1.81 bits per heavy atom. The third kappa shape index (κ3) is 5.27. The average Bonchev–Trinajstić information content (AvgIpc) is 2.67. The van der Waals surface area contributed by atoms with Gasteiger partial charge in [-0.05, 0) is 43.3 Å². The van der Waals surface area contributed by atoms with Crippen molar-refractivity contribution in [2.45, 2.75) is 6.92 Å². The van der Waals surface area contributed by atoms with Crippen LogP contribution in [0, 0.1) is 6.92 Å². The van der Waals surface area contributed by atoms with E-state index in [1.807, 2.05) is 19.2 Å². The van der Waals surface area contributed by atoms with E-state index >= 15 is 0 Å². The fourth-order valence-corrected chi connectivity index (χ4v) is 3.07. The van der Waals surface area contributed by atoms with Crippen molar-refractivity contribution >= 4 is 17.4 Å². The second-order valence-electron chi connectivity index (χ2n) is 6.55. The molecule has 3 rings (SSSR count). The molecule has 27 heavy (non-hydrogen) atoms. The van der Waals surface area contributed by atoms with Crippen LogP contribution in [0.25, 0.3) is 0 Å². The largest absolute Gasteiger partial charge is 0.482 e. The molecule has 0 spiro atoms. The van der Waals surface area contributed by atoms with Crippen molar-refractivity contribution < 1.29 is 19.4 Å². The van der Waals surface area contributed by atoms with E-state index in [4.69, 9.17) is 9.84 Å². The lowest BCUT2D eigenvalue weighted by molar-refractivity contribution is -0.139. The minimum atomic E-state index is -1.03. The predicted molar refractivity (Wildman–Crippen MR) is 102 cm³/mol. The molecule has 2 aromatic rings. The second kappa shape index (κ2) is 8.64. The summed E-state index contributed by atoms with van der Waals surface area (Å²) < 4.78 is 5.08. The first kappa shape index (κ1) is 18.8. The first-order chi connectivity index (χ1) is 13.0. The number of carboxylic acids is 1. The minimum Gasteiger partial charge on any atom is -0.482 e. The van der Waals surface area contributed by atoms with Crippen LogP contribution < -0.4 is 9.64 Å². The van der Waals surface area contributed by atoms with Crippen LogP contribution in [0.1, 0.15) is 16.1 Å². The van der Waals surface area contributed by atoms with Gasteiger partial charge in [-0.3, -0.25) is 14.7 Å². The van der Waals surface area contributed by atoms with Crippen LogP contribution in [0.15, 0.2) is 42.6 Å². The summed E-state index contributed by atoms with van der Waals surface area (Å²) >= 11 is 0. The normalized spacial score (nSPS) is 14.8. The highest BCUT2D eigenvalue weighted by Crippen LogP contribution is 2.17. The number of anilines is 1. The number of aromatic nitrogens is 1. The van der Waals surface area contributed by atoms with E-state index in [-0.39, 0.29) is 5.78 Å². The fourth-order valence-electron chi connectivity index (χ4n) is 3.07. The summed E-state index contributed by atoms with van der Waals surface area (Å²) in [7, 11) is 0. The number of Topliss-reactive ketones (excluding diaryl/α,β-unsaturated/α-hetero) is 1. The van der Waals surface area contributed by atoms with Gasteiger partial charge in [0.15, 0.2) is 12.4 Å². The summed E-state index contributed by atoms with van der Waals surface area (Å²) in [5, 5.41) is 8.61. The number of benzene rings is 1. The van der Waals surface area contributed by atoms with Gasteiger partial charge in [-0.2, -0.15) is 0 Å². The summed E-state index contributed by atoms with van der Waals surface area (Å²) in [5.74, 6) is -0.542. The number of pyridine rings is 1. The van der Waals surface area contributed by atoms with Gasteiger partial charge in [-0.25, -0.2) is 4.79 Å². The number of carbonyl (C=O) groups is 2. The molecule has 0 bridgehead atoms. The number of ether oxygens (including phenoxy) is 1. The van der Waals surface area contributed by atoms with E-state index in [1.165, 1.54) is 5.69 Å². The van der Waals surface area contributed by atoms with E-state index in [2.05, 4.69) is 20.9 Å². The van der Waals surface area contributed by atoms with Crippen LogP contribution in [0.3, 0.4) is 0 Å². The fraction of sp³-hybridized carbons (Fsp3) is 0.350. The zero-order valence-electron chi connectivity index (χ0n) is 15.3. The zero-order chi connectivity index (χ0) is 19.2. The minimum absolute atomic E-state index is 0.0491. The summed E-state index contributed by atoms with van der Waals surface area (Å²) in [6.07, 6.45) is 1.82. The number of hydrogen-bond donors (Lipinski definition) is 1. The highest BCUT2D eigenvalue weighted by Gasteiger charge is 2.20. The first-order valence-electron chi connectivity index (χ1n) is 8.89. The lowest BCUT2D eigenvalue weighted by Crippen LogP contribution is -2.48. The number of aliphatic carboxylic acids is 1. The molecule has 1 fully saturated rings. The molecule has 1 N–H and O–H groups in total. The number of nitrogens with zero attached hydrogens (tertiary/aromatic N) is 3. The molecule has 142 valence electrons. The Labute approximate surface area is 158 Å². The van der Waals surface area contributed by atoms with Crippen molar-refractivity contribution in [3.05, 3.63) is 53.9 Å².